The van der Waals surface area contributed by atoms with E-state index in [0.29, 0.717) is 18.8 Å². The third kappa shape index (κ3) is 6.33. The molecule has 3 aromatic carbocycles. The number of piperazine rings is 1. The molecule has 0 bridgehead atoms. The van der Waals surface area contributed by atoms with Crippen LogP contribution in [-0.4, -0.2) is 54.0 Å². The van der Waals surface area contributed by atoms with Gasteiger partial charge in [-0.1, -0.05) is 86.6 Å². The second-order valence-electron chi connectivity index (χ2n) is 9.39. The van der Waals surface area contributed by atoms with Gasteiger partial charge in [0, 0.05) is 30.7 Å². The van der Waals surface area contributed by atoms with Crippen molar-refractivity contribution in [3.63, 3.8) is 0 Å². The minimum Gasteiger partial charge on any atom is -0.338 e. The summed E-state index contributed by atoms with van der Waals surface area (Å²) in [5, 5.41) is 5.73. The van der Waals surface area contributed by atoms with E-state index in [1.807, 2.05) is 55.1 Å². The Hall–Kier alpha value is -3.16. The van der Waals surface area contributed by atoms with Crippen molar-refractivity contribution in [2.24, 2.45) is 5.92 Å². The van der Waals surface area contributed by atoms with Crippen molar-refractivity contribution in [1.82, 2.24) is 15.1 Å². The van der Waals surface area contributed by atoms with Crippen molar-refractivity contribution >= 4 is 33.6 Å². The van der Waals surface area contributed by atoms with Crippen LogP contribution in [0, 0.1) is 5.92 Å². The molecule has 6 nitrogen and oxygen atoms in total. The van der Waals surface area contributed by atoms with Gasteiger partial charge in [0.15, 0.2) is 0 Å². The Bertz CT molecular complexity index is 1110. The molecule has 4 rings (SSSR count). The molecule has 0 saturated carbocycles. The number of anilines is 1. The maximum absolute atomic E-state index is 13.5. The minimum absolute atomic E-state index is 0.0390. The first-order valence-electron chi connectivity index (χ1n) is 12.4. The van der Waals surface area contributed by atoms with Gasteiger partial charge in [-0.25, -0.2) is 4.79 Å². The Kier molecular flexibility index (Phi) is 8.78. The lowest BCUT2D eigenvalue weighted by atomic mass is 9.96. The van der Waals surface area contributed by atoms with Gasteiger partial charge in [0.2, 0.25) is 5.91 Å². The van der Waals surface area contributed by atoms with Gasteiger partial charge in [-0.15, -0.1) is 0 Å². The molecule has 188 valence electrons. The molecule has 0 aliphatic carbocycles. The summed E-state index contributed by atoms with van der Waals surface area (Å²) >= 11 is 3.44. The molecule has 3 amide bonds. The molecule has 1 fully saturated rings. The van der Waals surface area contributed by atoms with Crippen LogP contribution in [0.5, 0.6) is 0 Å². The molecule has 0 aromatic heterocycles. The number of benzene rings is 3. The lowest BCUT2D eigenvalue weighted by molar-refractivity contribution is -0.136. The fourth-order valence-corrected chi connectivity index (χ4v) is 5.04. The predicted octanol–water partition coefficient (Wildman–Crippen LogP) is 5.53. The van der Waals surface area contributed by atoms with Gasteiger partial charge in [0.05, 0.1) is 11.7 Å². The molecule has 1 aliphatic rings. The fourth-order valence-electron chi connectivity index (χ4n) is 4.66. The number of halogens is 1. The number of carbonyl (C=O) groups excluding carboxylic acids is 2. The quantitative estimate of drug-likeness (QED) is 0.408. The number of nitrogens with zero attached hydrogens (tertiary/aromatic N) is 2. The number of urea groups is 1. The lowest BCUT2D eigenvalue weighted by Crippen LogP contribution is -2.57. The van der Waals surface area contributed by atoms with Crippen LogP contribution in [0.2, 0.25) is 0 Å². The summed E-state index contributed by atoms with van der Waals surface area (Å²) in [5.41, 5.74) is 3.15. The van der Waals surface area contributed by atoms with Crippen LogP contribution < -0.4 is 10.6 Å². The highest BCUT2D eigenvalue weighted by Gasteiger charge is 2.33. The summed E-state index contributed by atoms with van der Waals surface area (Å²) in [6, 6.07) is 27.6. The van der Waals surface area contributed by atoms with E-state index in [-0.39, 0.29) is 23.9 Å². The monoisotopic (exact) mass is 548 g/mol. The number of para-hydroxylation sites is 1. The van der Waals surface area contributed by atoms with Crippen LogP contribution in [0.15, 0.2) is 89.4 Å². The summed E-state index contributed by atoms with van der Waals surface area (Å²) in [6.45, 7) is 6.66. The third-order valence-corrected chi connectivity index (χ3v) is 7.25. The zero-order chi connectivity index (χ0) is 25.5. The molecule has 0 radical (unpaired) electrons. The Balaban J connectivity index is 1.41. The van der Waals surface area contributed by atoms with Crippen molar-refractivity contribution in [3.05, 3.63) is 101 Å². The third-order valence-electron chi connectivity index (χ3n) is 6.56. The first kappa shape index (κ1) is 25.9. The summed E-state index contributed by atoms with van der Waals surface area (Å²) in [7, 11) is 0. The largest absolute Gasteiger partial charge is 0.338 e. The van der Waals surface area contributed by atoms with Crippen molar-refractivity contribution in [2.75, 3.05) is 31.5 Å². The lowest BCUT2D eigenvalue weighted by Gasteiger charge is -2.41. The van der Waals surface area contributed by atoms with Crippen LogP contribution >= 0.6 is 15.9 Å². The van der Waals surface area contributed by atoms with Crippen LogP contribution in [-0.2, 0) is 4.79 Å². The van der Waals surface area contributed by atoms with Gasteiger partial charge < -0.3 is 15.5 Å². The Morgan fingerprint density at radius 3 is 1.83 bits per heavy atom. The van der Waals surface area contributed by atoms with E-state index in [9.17, 15) is 9.59 Å². The molecule has 1 atom stereocenters. The minimum atomic E-state index is -0.599. The summed E-state index contributed by atoms with van der Waals surface area (Å²) in [6.07, 6.45) is 0. The van der Waals surface area contributed by atoms with Gasteiger partial charge in [0.25, 0.3) is 0 Å². The van der Waals surface area contributed by atoms with Gasteiger partial charge in [-0.2, -0.15) is 0 Å². The molecule has 1 aliphatic heterocycles. The predicted molar refractivity (Wildman–Crippen MR) is 148 cm³/mol. The average Bonchev–Trinajstić information content (AvgIpc) is 2.90. The van der Waals surface area contributed by atoms with Crippen molar-refractivity contribution in [3.8, 4) is 0 Å². The summed E-state index contributed by atoms with van der Waals surface area (Å²) in [4.78, 5) is 30.5. The highest BCUT2D eigenvalue weighted by molar-refractivity contribution is 9.10. The second-order valence-corrected chi connectivity index (χ2v) is 10.2. The maximum atomic E-state index is 13.5. The van der Waals surface area contributed by atoms with E-state index in [4.69, 9.17) is 0 Å². The van der Waals surface area contributed by atoms with Crippen molar-refractivity contribution in [1.29, 1.82) is 0 Å². The standard InChI is InChI=1S/C29H33BrN4O2/c1-21(2)26(32-29(36)31-25-16-10-9-15-24(25)30)28(35)34-19-17-33(18-20-34)27(22-11-5-3-6-12-22)23-13-7-4-8-14-23/h3-16,21,26-27H,17-20H2,1-2H3,(H2,31,32,36). The highest BCUT2D eigenvalue weighted by Crippen LogP contribution is 2.29. The number of rotatable bonds is 7. The number of amides is 3. The summed E-state index contributed by atoms with van der Waals surface area (Å²) < 4.78 is 0.787. The van der Waals surface area contributed by atoms with Gasteiger partial charge in [-0.05, 0) is 45.1 Å². The SMILES string of the molecule is CC(C)C(NC(=O)Nc1ccccc1Br)C(=O)N1CCN(C(c2ccccc2)c2ccccc2)CC1. The van der Waals surface area contributed by atoms with Crippen LogP contribution in [0.1, 0.15) is 31.0 Å². The molecule has 1 unspecified atom stereocenters. The maximum Gasteiger partial charge on any atom is 0.319 e. The van der Waals surface area contributed by atoms with Gasteiger partial charge in [0.1, 0.15) is 6.04 Å². The van der Waals surface area contributed by atoms with E-state index in [1.54, 1.807) is 0 Å². The zero-order valence-electron chi connectivity index (χ0n) is 20.7. The molecule has 3 aromatic rings. The normalized spacial score (nSPS) is 15.1. The van der Waals surface area contributed by atoms with Crippen LogP contribution in [0.25, 0.3) is 0 Å². The van der Waals surface area contributed by atoms with E-state index >= 15 is 0 Å². The summed E-state index contributed by atoms with van der Waals surface area (Å²) in [5.74, 6) is -0.0789. The Morgan fingerprint density at radius 2 is 1.31 bits per heavy atom. The average molecular weight is 550 g/mol. The smallest absolute Gasteiger partial charge is 0.319 e. The number of hydrogen-bond acceptors (Lipinski definition) is 3. The molecule has 2 N–H and O–H groups in total. The van der Waals surface area contributed by atoms with Crippen molar-refractivity contribution < 1.29 is 9.59 Å². The first-order chi connectivity index (χ1) is 17.4. The number of nitrogens with one attached hydrogen (secondary N) is 2. The molecule has 1 saturated heterocycles. The fraction of sp³-hybridized carbons (Fsp3) is 0.310. The van der Waals surface area contributed by atoms with Crippen molar-refractivity contribution in [2.45, 2.75) is 25.9 Å². The number of hydrogen-bond donors (Lipinski definition) is 2. The van der Waals surface area contributed by atoms with E-state index < -0.39 is 6.04 Å². The molecule has 0 spiro atoms. The van der Waals surface area contributed by atoms with E-state index in [1.165, 1.54) is 11.1 Å². The molecule has 7 heteroatoms. The van der Waals surface area contributed by atoms with Gasteiger partial charge in [-0.3, -0.25) is 9.69 Å². The number of carbonyl (C=O) groups is 2. The van der Waals surface area contributed by atoms with E-state index in [0.717, 1.165) is 17.6 Å². The zero-order valence-corrected chi connectivity index (χ0v) is 22.3. The van der Waals surface area contributed by atoms with Crippen LogP contribution in [0.3, 0.4) is 0 Å². The van der Waals surface area contributed by atoms with Gasteiger partial charge >= 0.3 is 6.03 Å². The highest BCUT2D eigenvalue weighted by atomic mass is 79.9. The second kappa shape index (κ2) is 12.2. The molecular formula is C29H33BrN4O2. The molecule has 36 heavy (non-hydrogen) atoms. The van der Waals surface area contributed by atoms with Crippen LogP contribution in [0.4, 0.5) is 10.5 Å². The Morgan fingerprint density at radius 1 is 0.778 bits per heavy atom. The molecule has 1 heterocycles. The first-order valence-corrected chi connectivity index (χ1v) is 13.2. The molecular weight excluding hydrogens is 516 g/mol. The van der Waals surface area contributed by atoms with E-state index in [2.05, 4.69) is 80.0 Å². The topological polar surface area (TPSA) is 64.7 Å². The Labute approximate surface area is 221 Å².